The molecule has 1 aromatic heterocycles. The van der Waals surface area contributed by atoms with Crippen molar-refractivity contribution in [3.63, 3.8) is 0 Å². The number of nitrogens with one attached hydrogen (secondary N) is 2. The summed E-state index contributed by atoms with van der Waals surface area (Å²) in [4.78, 5) is 23.3. The zero-order valence-corrected chi connectivity index (χ0v) is 13.0. The van der Waals surface area contributed by atoms with Crippen LogP contribution in [0, 0.1) is 5.92 Å². The summed E-state index contributed by atoms with van der Waals surface area (Å²) in [5.41, 5.74) is 0. The van der Waals surface area contributed by atoms with Crippen LogP contribution in [0.3, 0.4) is 0 Å². The summed E-state index contributed by atoms with van der Waals surface area (Å²) in [6, 6.07) is -0.501. The highest BCUT2D eigenvalue weighted by Crippen LogP contribution is 2.14. The van der Waals surface area contributed by atoms with E-state index in [-0.39, 0.29) is 30.3 Å². The van der Waals surface area contributed by atoms with E-state index in [1.165, 1.54) is 7.11 Å². The van der Waals surface area contributed by atoms with Gasteiger partial charge in [0.2, 0.25) is 11.8 Å². The van der Waals surface area contributed by atoms with Crippen LogP contribution in [-0.2, 0) is 14.3 Å². The Hall–Kier alpha value is -1.96. The molecule has 0 saturated carbocycles. The Bertz CT molecular complexity index is 484. The van der Waals surface area contributed by atoms with Gasteiger partial charge in [0.05, 0.1) is 13.7 Å². The molecule has 0 aliphatic heterocycles. The summed E-state index contributed by atoms with van der Waals surface area (Å²) in [6.07, 6.45) is 0. The molecule has 1 rings (SSSR count). The predicted octanol–water partition coefficient (Wildman–Crippen LogP) is 0.919. The predicted molar refractivity (Wildman–Crippen MR) is 75.7 cm³/mol. The number of ether oxygens (including phenoxy) is 1. The lowest BCUT2D eigenvalue weighted by Gasteiger charge is -2.19. The maximum absolute atomic E-state index is 11.8. The van der Waals surface area contributed by atoms with Crippen molar-refractivity contribution < 1.29 is 18.7 Å². The fraction of sp³-hybridized carbons (Fsp3) is 0.692. The van der Waals surface area contributed by atoms with Gasteiger partial charge in [0, 0.05) is 5.92 Å². The molecule has 1 unspecified atom stereocenters. The van der Waals surface area contributed by atoms with Crippen molar-refractivity contribution in [1.29, 1.82) is 0 Å². The number of methoxy groups -OCH3 is 1. The Balaban J connectivity index is 2.50. The number of hydrogen-bond donors (Lipinski definition) is 2. The van der Waals surface area contributed by atoms with Gasteiger partial charge in [-0.25, -0.2) is 0 Å². The molecule has 0 saturated heterocycles. The molecule has 0 spiro atoms. The number of rotatable bonds is 7. The molecule has 1 aromatic rings. The maximum atomic E-state index is 11.8. The minimum atomic E-state index is -0.547. The Morgan fingerprint density at radius 1 is 1.24 bits per heavy atom. The van der Waals surface area contributed by atoms with Crippen LogP contribution in [0.5, 0.6) is 0 Å². The molecule has 0 radical (unpaired) electrons. The van der Waals surface area contributed by atoms with Gasteiger partial charge in [-0.3, -0.25) is 20.2 Å². The van der Waals surface area contributed by atoms with Gasteiger partial charge >= 0.3 is 12.0 Å². The lowest BCUT2D eigenvalue weighted by atomic mass is 10.0. The molecular formula is C13H22N4O4. The van der Waals surface area contributed by atoms with Crippen molar-refractivity contribution in [3.05, 3.63) is 5.89 Å². The average molecular weight is 298 g/mol. The first kappa shape index (κ1) is 17.1. The number of hydrogen-bond acceptors (Lipinski definition) is 7. The van der Waals surface area contributed by atoms with Crippen molar-refractivity contribution in [1.82, 2.24) is 15.5 Å². The van der Waals surface area contributed by atoms with E-state index in [1.807, 2.05) is 27.7 Å². The van der Waals surface area contributed by atoms with E-state index >= 15 is 0 Å². The largest absolute Gasteiger partial charge is 0.468 e. The minimum absolute atomic E-state index is 0.00111. The van der Waals surface area contributed by atoms with Crippen molar-refractivity contribution in [2.75, 3.05) is 19.0 Å². The van der Waals surface area contributed by atoms with E-state index in [0.717, 1.165) is 0 Å². The Morgan fingerprint density at radius 3 is 2.38 bits per heavy atom. The Morgan fingerprint density at radius 2 is 1.90 bits per heavy atom. The number of aromatic nitrogens is 2. The number of anilines is 1. The second-order valence-electron chi connectivity index (χ2n) is 5.27. The minimum Gasteiger partial charge on any atom is -0.468 e. The van der Waals surface area contributed by atoms with Crippen LogP contribution in [0.4, 0.5) is 6.01 Å². The molecule has 1 heterocycles. The second-order valence-corrected chi connectivity index (χ2v) is 5.27. The van der Waals surface area contributed by atoms with Crippen molar-refractivity contribution in [3.8, 4) is 0 Å². The number of esters is 1. The fourth-order valence-electron chi connectivity index (χ4n) is 1.60. The van der Waals surface area contributed by atoms with Crippen LogP contribution in [0.25, 0.3) is 0 Å². The molecule has 8 nitrogen and oxygen atoms in total. The highest BCUT2D eigenvalue weighted by molar-refractivity contribution is 5.90. The molecule has 0 aliphatic rings. The smallest absolute Gasteiger partial charge is 0.323 e. The summed E-state index contributed by atoms with van der Waals surface area (Å²) in [5.74, 6) is -0.235. The highest BCUT2D eigenvalue weighted by atomic mass is 16.5. The molecule has 21 heavy (non-hydrogen) atoms. The number of carbonyl (C=O) groups is 2. The summed E-state index contributed by atoms with van der Waals surface area (Å²) in [7, 11) is 1.31. The van der Waals surface area contributed by atoms with Crippen molar-refractivity contribution in [2.45, 2.75) is 39.7 Å². The van der Waals surface area contributed by atoms with Gasteiger partial charge in [0.25, 0.3) is 0 Å². The van der Waals surface area contributed by atoms with Crippen molar-refractivity contribution in [2.24, 2.45) is 5.92 Å². The lowest BCUT2D eigenvalue weighted by Crippen LogP contribution is -2.45. The van der Waals surface area contributed by atoms with Gasteiger partial charge in [0.1, 0.15) is 6.04 Å². The van der Waals surface area contributed by atoms with Gasteiger partial charge in [-0.1, -0.05) is 32.8 Å². The van der Waals surface area contributed by atoms with Gasteiger partial charge in [-0.2, -0.15) is 0 Å². The molecule has 1 atom stereocenters. The molecular weight excluding hydrogens is 276 g/mol. The first-order valence-corrected chi connectivity index (χ1v) is 6.79. The summed E-state index contributed by atoms with van der Waals surface area (Å²) < 4.78 is 9.94. The third-order valence-corrected chi connectivity index (χ3v) is 2.79. The number of nitrogens with zero attached hydrogens (tertiary/aromatic N) is 2. The molecule has 2 N–H and O–H groups in total. The fourth-order valence-corrected chi connectivity index (χ4v) is 1.60. The van der Waals surface area contributed by atoms with E-state index in [4.69, 9.17) is 4.42 Å². The van der Waals surface area contributed by atoms with Crippen LogP contribution < -0.4 is 10.6 Å². The standard InChI is InChI=1S/C13H22N4O4/c1-7(2)10(12(19)20-5)14-6-9(18)15-13-17-16-11(21-13)8(3)4/h7-8,10,14H,6H2,1-5H3,(H,15,17,18). The van der Waals surface area contributed by atoms with E-state index in [0.29, 0.717) is 5.89 Å². The van der Waals surface area contributed by atoms with Gasteiger partial charge in [-0.05, 0) is 5.92 Å². The summed E-state index contributed by atoms with van der Waals surface area (Å²) >= 11 is 0. The quantitative estimate of drug-likeness (QED) is 0.721. The third kappa shape index (κ3) is 5.14. The molecule has 0 aliphatic carbocycles. The molecule has 8 heteroatoms. The van der Waals surface area contributed by atoms with E-state index in [1.54, 1.807) is 0 Å². The summed E-state index contributed by atoms with van der Waals surface area (Å²) in [6.45, 7) is 7.48. The molecule has 0 aromatic carbocycles. The number of amides is 1. The first-order valence-electron chi connectivity index (χ1n) is 6.79. The average Bonchev–Trinajstić information content (AvgIpc) is 2.86. The first-order chi connectivity index (χ1) is 9.85. The molecule has 118 valence electrons. The topological polar surface area (TPSA) is 106 Å². The highest BCUT2D eigenvalue weighted by Gasteiger charge is 2.23. The van der Waals surface area contributed by atoms with Crippen molar-refractivity contribution >= 4 is 17.9 Å². The molecule has 1 amide bonds. The SMILES string of the molecule is COC(=O)C(NCC(=O)Nc1nnc(C(C)C)o1)C(C)C. The van der Waals surface area contributed by atoms with E-state index in [9.17, 15) is 9.59 Å². The van der Waals surface area contributed by atoms with Crippen LogP contribution in [0.1, 0.15) is 39.5 Å². The normalized spacial score (nSPS) is 12.5. The second kappa shape index (κ2) is 7.72. The molecule has 0 fully saturated rings. The summed E-state index contributed by atoms with van der Waals surface area (Å²) in [5, 5.41) is 12.8. The molecule has 0 bridgehead atoms. The van der Waals surface area contributed by atoms with Crippen LogP contribution in [0.15, 0.2) is 4.42 Å². The van der Waals surface area contributed by atoms with Crippen LogP contribution in [-0.4, -0.2) is 41.8 Å². The number of carbonyl (C=O) groups excluding carboxylic acids is 2. The monoisotopic (exact) mass is 298 g/mol. The van der Waals surface area contributed by atoms with E-state index in [2.05, 4.69) is 25.6 Å². The van der Waals surface area contributed by atoms with Gasteiger partial charge in [-0.15, -0.1) is 5.10 Å². The zero-order chi connectivity index (χ0) is 16.0. The van der Waals surface area contributed by atoms with Gasteiger partial charge < -0.3 is 9.15 Å². The maximum Gasteiger partial charge on any atom is 0.323 e. The zero-order valence-electron chi connectivity index (χ0n) is 13.0. The lowest BCUT2D eigenvalue weighted by molar-refractivity contribution is -0.144. The van der Waals surface area contributed by atoms with Crippen LogP contribution >= 0.6 is 0 Å². The van der Waals surface area contributed by atoms with Crippen LogP contribution in [0.2, 0.25) is 0 Å². The Kier molecular flexibility index (Phi) is 6.29. The van der Waals surface area contributed by atoms with E-state index < -0.39 is 12.0 Å². The Labute approximate surface area is 123 Å². The third-order valence-electron chi connectivity index (χ3n) is 2.79. The van der Waals surface area contributed by atoms with Gasteiger partial charge in [0.15, 0.2) is 0 Å².